The molecule has 1 aromatic rings. The molecule has 0 saturated heterocycles. The van der Waals surface area contributed by atoms with Crippen LogP contribution >= 0.6 is 12.4 Å². The van der Waals surface area contributed by atoms with Crippen LogP contribution in [0.25, 0.3) is 0 Å². The second kappa shape index (κ2) is 8.02. The van der Waals surface area contributed by atoms with Crippen molar-refractivity contribution in [3.05, 3.63) is 29.8 Å². The third-order valence-electron chi connectivity index (χ3n) is 3.19. The Morgan fingerprint density at radius 1 is 1.37 bits per heavy atom. The lowest BCUT2D eigenvalue weighted by Crippen LogP contribution is -2.28. The van der Waals surface area contributed by atoms with E-state index in [0.29, 0.717) is 30.5 Å². The van der Waals surface area contributed by atoms with Gasteiger partial charge in [0.05, 0.1) is 12.7 Å². The first-order valence-electron chi connectivity index (χ1n) is 6.51. The van der Waals surface area contributed by atoms with E-state index in [1.807, 2.05) is 0 Å². The number of nitrogens with one attached hydrogen (secondary N) is 1. The summed E-state index contributed by atoms with van der Waals surface area (Å²) in [4.78, 5) is 11.8. The van der Waals surface area contributed by atoms with Crippen LogP contribution in [-0.2, 0) is 4.74 Å². The van der Waals surface area contributed by atoms with Crippen LogP contribution in [0.15, 0.2) is 24.3 Å². The Morgan fingerprint density at radius 2 is 2.11 bits per heavy atom. The van der Waals surface area contributed by atoms with Gasteiger partial charge in [0, 0.05) is 17.8 Å². The Morgan fingerprint density at radius 3 is 2.79 bits per heavy atom. The highest BCUT2D eigenvalue weighted by Crippen LogP contribution is 2.20. The van der Waals surface area contributed by atoms with Gasteiger partial charge in [-0.2, -0.15) is 0 Å². The maximum atomic E-state index is 11.8. The Labute approximate surface area is 120 Å². The number of rotatable bonds is 5. The summed E-state index contributed by atoms with van der Waals surface area (Å²) in [6.45, 7) is 1.13. The van der Waals surface area contributed by atoms with Crippen molar-refractivity contribution in [1.82, 2.24) is 5.32 Å². The summed E-state index contributed by atoms with van der Waals surface area (Å²) in [7, 11) is 0. The fraction of sp³-hybridized carbons (Fsp3) is 0.500. The Kier molecular flexibility index (Phi) is 6.67. The number of hydrogen-bond donors (Lipinski definition) is 2. The number of ether oxygens (including phenoxy) is 1. The third kappa shape index (κ3) is 5.09. The summed E-state index contributed by atoms with van der Waals surface area (Å²) in [5.41, 5.74) is 6.82. The molecule has 0 unspecified atom stereocenters. The number of nitrogen functional groups attached to an aromatic ring is 1. The van der Waals surface area contributed by atoms with Crippen LogP contribution in [0.3, 0.4) is 0 Å². The first kappa shape index (κ1) is 15.8. The summed E-state index contributed by atoms with van der Waals surface area (Å²) in [5, 5.41) is 2.83. The molecule has 19 heavy (non-hydrogen) atoms. The van der Waals surface area contributed by atoms with E-state index in [1.54, 1.807) is 24.3 Å². The lowest BCUT2D eigenvalue weighted by Gasteiger charge is -2.11. The standard InChI is InChI=1S/C14H20N2O2.ClH/c15-12-5-3-4-11(10-12)14(17)16-8-9-18-13-6-1-2-7-13;/h3-5,10,13H,1-2,6-9,15H2,(H,16,17);1H. The molecule has 1 aromatic carbocycles. The first-order chi connectivity index (χ1) is 8.75. The van der Waals surface area contributed by atoms with Crippen molar-refractivity contribution in [1.29, 1.82) is 0 Å². The minimum atomic E-state index is -0.0997. The first-order valence-corrected chi connectivity index (χ1v) is 6.51. The van der Waals surface area contributed by atoms with Gasteiger partial charge in [-0.25, -0.2) is 0 Å². The zero-order valence-electron chi connectivity index (χ0n) is 10.9. The van der Waals surface area contributed by atoms with Crippen molar-refractivity contribution in [3.8, 4) is 0 Å². The molecule has 0 heterocycles. The van der Waals surface area contributed by atoms with Gasteiger partial charge in [0.25, 0.3) is 5.91 Å². The van der Waals surface area contributed by atoms with E-state index >= 15 is 0 Å². The van der Waals surface area contributed by atoms with E-state index in [-0.39, 0.29) is 18.3 Å². The summed E-state index contributed by atoms with van der Waals surface area (Å²) < 4.78 is 5.67. The number of benzene rings is 1. The predicted octanol–water partition coefficient (Wildman–Crippen LogP) is 2.38. The smallest absolute Gasteiger partial charge is 0.251 e. The molecule has 1 aliphatic carbocycles. The topological polar surface area (TPSA) is 64.4 Å². The van der Waals surface area contributed by atoms with Crippen LogP contribution in [0.2, 0.25) is 0 Å². The van der Waals surface area contributed by atoms with Crippen molar-refractivity contribution in [2.45, 2.75) is 31.8 Å². The average Bonchev–Trinajstić information content (AvgIpc) is 2.87. The molecule has 5 heteroatoms. The lowest BCUT2D eigenvalue weighted by molar-refractivity contribution is 0.0582. The highest BCUT2D eigenvalue weighted by Gasteiger charge is 2.14. The molecule has 0 bridgehead atoms. The van der Waals surface area contributed by atoms with Crippen LogP contribution in [0, 0.1) is 0 Å². The van der Waals surface area contributed by atoms with Crippen molar-refractivity contribution < 1.29 is 9.53 Å². The molecule has 3 N–H and O–H groups in total. The molecule has 4 nitrogen and oxygen atoms in total. The number of carbonyl (C=O) groups excluding carboxylic acids is 1. The van der Waals surface area contributed by atoms with Gasteiger partial charge in [-0.1, -0.05) is 18.9 Å². The minimum Gasteiger partial charge on any atom is -0.399 e. The van der Waals surface area contributed by atoms with Crippen LogP contribution in [0.4, 0.5) is 5.69 Å². The second-order valence-corrected chi connectivity index (χ2v) is 4.66. The normalized spacial score (nSPS) is 14.9. The Bertz CT molecular complexity index is 406. The molecule has 2 rings (SSSR count). The van der Waals surface area contributed by atoms with Gasteiger partial charge in [0.2, 0.25) is 0 Å². The maximum Gasteiger partial charge on any atom is 0.251 e. The highest BCUT2D eigenvalue weighted by molar-refractivity contribution is 5.94. The van der Waals surface area contributed by atoms with Crippen molar-refractivity contribution in [2.24, 2.45) is 0 Å². The largest absolute Gasteiger partial charge is 0.399 e. The summed E-state index contributed by atoms with van der Waals surface area (Å²) in [6, 6.07) is 6.97. The van der Waals surface area contributed by atoms with E-state index in [1.165, 1.54) is 12.8 Å². The zero-order valence-corrected chi connectivity index (χ0v) is 11.7. The van der Waals surface area contributed by atoms with Gasteiger partial charge in [-0.3, -0.25) is 4.79 Å². The van der Waals surface area contributed by atoms with E-state index in [0.717, 1.165) is 12.8 Å². The molecule has 0 aromatic heterocycles. The fourth-order valence-electron chi connectivity index (χ4n) is 2.23. The SMILES string of the molecule is Cl.Nc1cccc(C(=O)NCCOC2CCCC2)c1. The number of amides is 1. The molecule has 0 aliphatic heterocycles. The van der Waals surface area contributed by atoms with Gasteiger partial charge in [0.1, 0.15) is 0 Å². The predicted molar refractivity (Wildman–Crippen MR) is 78.6 cm³/mol. The number of nitrogens with two attached hydrogens (primary N) is 1. The van der Waals surface area contributed by atoms with Crippen LogP contribution < -0.4 is 11.1 Å². The van der Waals surface area contributed by atoms with E-state index in [2.05, 4.69) is 5.32 Å². The summed E-state index contributed by atoms with van der Waals surface area (Å²) in [6.07, 6.45) is 5.24. The fourth-order valence-corrected chi connectivity index (χ4v) is 2.23. The van der Waals surface area contributed by atoms with Crippen molar-refractivity contribution >= 4 is 24.0 Å². The highest BCUT2D eigenvalue weighted by atomic mass is 35.5. The van der Waals surface area contributed by atoms with Gasteiger partial charge >= 0.3 is 0 Å². The molecule has 106 valence electrons. The third-order valence-corrected chi connectivity index (χ3v) is 3.19. The molecule has 1 saturated carbocycles. The van der Waals surface area contributed by atoms with Crippen LogP contribution in [-0.4, -0.2) is 25.2 Å². The van der Waals surface area contributed by atoms with Gasteiger partial charge in [-0.05, 0) is 31.0 Å². The lowest BCUT2D eigenvalue weighted by atomic mass is 10.2. The summed E-state index contributed by atoms with van der Waals surface area (Å²) >= 11 is 0. The molecule has 0 spiro atoms. The maximum absolute atomic E-state index is 11.8. The average molecular weight is 285 g/mol. The molecular weight excluding hydrogens is 264 g/mol. The number of halogens is 1. The summed E-state index contributed by atoms with van der Waals surface area (Å²) in [5.74, 6) is -0.0997. The zero-order chi connectivity index (χ0) is 12.8. The molecule has 0 radical (unpaired) electrons. The van der Waals surface area contributed by atoms with Gasteiger partial charge in [0.15, 0.2) is 0 Å². The molecule has 1 fully saturated rings. The van der Waals surface area contributed by atoms with E-state index in [4.69, 9.17) is 10.5 Å². The number of anilines is 1. The van der Waals surface area contributed by atoms with Crippen LogP contribution in [0.1, 0.15) is 36.0 Å². The quantitative estimate of drug-likeness (QED) is 0.644. The second-order valence-electron chi connectivity index (χ2n) is 4.66. The van der Waals surface area contributed by atoms with Gasteiger partial charge < -0.3 is 15.8 Å². The van der Waals surface area contributed by atoms with Crippen molar-refractivity contribution in [2.75, 3.05) is 18.9 Å². The van der Waals surface area contributed by atoms with Gasteiger partial charge in [-0.15, -0.1) is 12.4 Å². The Hall–Kier alpha value is -1.26. The monoisotopic (exact) mass is 284 g/mol. The van der Waals surface area contributed by atoms with Crippen LogP contribution in [0.5, 0.6) is 0 Å². The molecule has 0 atom stereocenters. The van der Waals surface area contributed by atoms with E-state index in [9.17, 15) is 4.79 Å². The molecule has 1 amide bonds. The molecular formula is C14H21ClN2O2. The van der Waals surface area contributed by atoms with E-state index < -0.39 is 0 Å². The van der Waals surface area contributed by atoms with Crippen molar-refractivity contribution in [3.63, 3.8) is 0 Å². The number of carbonyl (C=O) groups is 1. The Balaban J connectivity index is 0.00000180. The number of hydrogen-bond acceptors (Lipinski definition) is 3. The minimum absolute atomic E-state index is 0. The molecule has 1 aliphatic rings.